The van der Waals surface area contributed by atoms with Gasteiger partial charge in [-0.1, -0.05) is 30.3 Å². The van der Waals surface area contributed by atoms with Gasteiger partial charge < -0.3 is 4.98 Å². The van der Waals surface area contributed by atoms with Crippen LogP contribution in [-0.4, -0.2) is 9.97 Å². The summed E-state index contributed by atoms with van der Waals surface area (Å²) in [5.41, 5.74) is 6.93. The molecule has 0 spiro atoms. The standard InChI is InChI=1S/C19H16N2/c1-12-9-15(10-13(2)20-12)14-7-8-17-16-5-3-4-6-18(16)21-19(17)11-14/h3-11,21H,1-2H3. The number of hydrogen-bond donors (Lipinski definition) is 1. The molecular formula is C19H16N2. The molecule has 0 radical (unpaired) electrons. The maximum Gasteiger partial charge on any atom is 0.0471 e. The lowest BCUT2D eigenvalue weighted by molar-refractivity contribution is 1.12. The van der Waals surface area contributed by atoms with Crippen molar-refractivity contribution in [2.24, 2.45) is 0 Å². The molecule has 2 aromatic carbocycles. The summed E-state index contributed by atoms with van der Waals surface area (Å²) in [5.74, 6) is 0. The zero-order valence-electron chi connectivity index (χ0n) is 12.1. The van der Waals surface area contributed by atoms with Crippen LogP contribution in [0.5, 0.6) is 0 Å². The first-order valence-electron chi connectivity index (χ1n) is 7.17. The van der Waals surface area contributed by atoms with E-state index in [0.29, 0.717) is 0 Å². The van der Waals surface area contributed by atoms with Crippen molar-refractivity contribution in [3.8, 4) is 11.1 Å². The average Bonchev–Trinajstić information content (AvgIpc) is 2.83. The van der Waals surface area contributed by atoms with E-state index in [1.54, 1.807) is 0 Å². The highest BCUT2D eigenvalue weighted by molar-refractivity contribution is 6.08. The normalized spacial score (nSPS) is 11.3. The van der Waals surface area contributed by atoms with E-state index in [9.17, 15) is 0 Å². The number of nitrogens with zero attached hydrogens (tertiary/aromatic N) is 1. The molecule has 0 atom stereocenters. The van der Waals surface area contributed by atoms with Gasteiger partial charge in [-0.2, -0.15) is 0 Å². The molecule has 21 heavy (non-hydrogen) atoms. The summed E-state index contributed by atoms with van der Waals surface area (Å²) >= 11 is 0. The van der Waals surface area contributed by atoms with Gasteiger partial charge in [0.15, 0.2) is 0 Å². The molecule has 4 rings (SSSR count). The summed E-state index contributed by atoms with van der Waals surface area (Å²) in [5, 5.41) is 2.55. The number of aryl methyl sites for hydroxylation is 2. The Morgan fingerprint density at radius 1 is 0.714 bits per heavy atom. The van der Waals surface area contributed by atoms with Gasteiger partial charge in [0.05, 0.1) is 0 Å². The van der Waals surface area contributed by atoms with Crippen molar-refractivity contribution in [1.29, 1.82) is 0 Å². The Morgan fingerprint density at radius 2 is 1.43 bits per heavy atom. The number of H-pyrrole nitrogens is 1. The van der Waals surface area contributed by atoms with Gasteiger partial charge in [0.1, 0.15) is 0 Å². The van der Waals surface area contributed by atoms with Gasteiger partial charge in [0, 0.05) is 33.2 Å². The zero-order chi connectivity index (χ0) is 14.4. The number of aromatic amines is 1. The highest BCUT2D eigenvalue weighted by atomic mass is 14.7. The highest BCUT2D eigenvalue weighted by Gasteiger charge is 2.06. The SMILES string of the molecule is Cc1cc(-c2ccc3c(c2)[nH]c2ccccc23)cc(C)n1. The predicted octanol–water partition coefficient (Wildman–Crippen LogP) is 5.00. The molecule has 2 nitrogen and oxygen atoms in total. The molecule has 0 aliphatic heterocycles. The fourth-order valence-corrected chi connectivity index (χ4v) is 3.04. The van der Waals surface area contributed by atoms with Crippen molar-refractivity contribution in [3.63, 3.8) is 0 Å². The topological polar surface area (TPSA) is 28.7 Å². The van der Waals surface area contributed by atoms with Crippen LogP contribution in [0, 0.1) is 13.8 Å². The van der Waals surface area contributed by atoms with Crippen LogP contribution in [0.1, 0.15) is 11.4 Å². The number of para-hydroxylation sites is 1. The zero-order valence-corrected chi connectivity index (χ0v) is 12.1. The smallest absolute Gasteiger partial charge is 0.0471 e. The maximum absolute atomic E-state index is 4.45. The molecule has 0 saturated carbocycles. The van der Waals surface area contributed by atoms with E-state index in [1.807, 2.05) is 13.8 Å². The van der Waals surface area contributed by atoms with E-state index in [-0.39, 0.29) is 0 Å². The average molecular weight is 272 g/mol. The lowest BCUT2D eigenvalue weighted by Gasteiger charge is -2.05. The molecule has 0 unspecified atom stereocenters. The number of fused-ring (bicyclic) bond motifs is 3. The Balaban J connectivity index is 1.96. The Hall–Kier alpha value is -2.61. The molecule has 0 aliphatic carbocycles. The van der Waals surface area contributed by atoms with Gasteiger partial charge in [-0.3, -0.25) is 4.98 Å². The van der Waals surface area contributed by atoms with Crippen LogP contribution in [0.25, 0.3) is 32.9 Å². The predicted molar refractivity (Wildman–Crippen MR) is 88.5 cm³/mol. The Kier molecular flexibility index (Phi) is 2.58. The quantitative estimate of drug-likeness (QED) is 0.519. The lowest BCUT2D eigenvalue weighted by Crippen LogP contribution is -1.88. The third-order valence-electron chi connectivity index (χ3n) is 3.92. The summed E-state index contributed by atoms with van der Waals surface area (Å²) in [6.45, 7) is 4.08. The maximum atomic E-state index is 4.45. The molecule has 0 bridgehead atoms. The van der Waals surface area contributed by atoms with Crippen molar-refractivity contribution in [2.45, 2.75) is 13.8 Å². The number of hydrogen-bond acceptors (Lipinski definition) is 1. The summed E-state index contributed by atoms with van der Waals surface area (Å²) in [6.07, 6.45) is 0. The summed E-state index contributed by atoms with van der Waals surface area (Å²) in [4.78, 5) is 7.95. The molecule has 4 aromatic rings. The highest BCUT2D eigenvalue weighted by Crippen LogP contribution is 2.29. The number of benzene rings is 2. The Labute approximate surface area is 123 Å². The third kappa shape index (κ3) is 2.00. The van der Waals surface area contributed by atoms with E-state index < -0.39 is 0 Å². The number of nitrogens with one attached hydrogen (secondary N) is 1. The van der Waals surface area contributed by atoms with Gasteiger partial charge in [0.2, 0.25) is 0 Å². The first-order valence-corrected chi connectivity index (χ1v) is 7.17. The fraction of sp³-hybridized carbons (Fsp3) is 0.105. The minimum Gasteiger partial charge on any atom is -0.354 e. The van der Waals surface area contributed by atoms with Crippen LogP contribution in [0.15, 0.2) is 54.6 Å². The second kappa shape index (κ2) is 4.45. The van der Waals surface area contributed by atoms with Crippen LogP contribution in [0.4, 0.5) is 0 Å². The van der Waals surface area contributed by atoms with E-state index in [0.717, 1.165) is 11.4 Å². The largest absolute Gasteiger partial charge is 0.354 e. The molecule has 0 amide bonds. The minimum atomic E-state index is 1.06. The molecule has 2 heteroatoms. The molecule has 1 N–H and O–H groups in total. The van der Waals surface area contributed by atoms with Crippen LogP contribution < -0.4 is 0 Å². The van der Waals surface area contributed by atoms with Gasteiger partial charge >= 0.3 is 0 Å². The molecule has 2 heterocycles. The van der Waals surface area contributed by atoms with E-state index in [1.165, 1.54) is 32.9 Å². The molecule has 0 aliphatic rings. The van der Waals surface area contributed by atoms with Gasteiger partial charge in [-0.25, -0.2) is 0 Å². The van der Waals surface area contributed by atoms with Crippen molar-refractivity contribution in [1.82, 2.24) is 9.97 Å². The number of pyridine rings is 1. The lowest BCUT2D eigenvalue weighted by atomic mass is 10.0. The third-order valence-corrected chi connectivity index (χ3v) is 3.92. The second-order valence-corrected chi connectivity index (χ2v) is 5.57. The van der Waals surface area contributed by atoms with Gasteiger partial charge in [-0.05, 0) is 49.2 Å². The Morgan fingerprint density at radius 3 is 2.24 bits per heavy atom. The van der Waals surface area contributed by atoms with Crippen LogP contribution in [0.2, 0.25) is 0 Å². The monoisotopic (exact) mass is 272 g/mol. The molecule has 0 saturated heterocycles. The summed E-state index contributed by atoms with van der Waals surface area (Å²) < 4.78 is 0. The van der Waals surface area contributed by atoms with E-state index in [4.69, 9.17) is 0 Å². The van der Waals surface area contributed by atoms with Crippen LogP contribution >= 0.6 is 0 Å². The fourth-order valence-electron chi connectivity index (χ4n) is 3.04. The van der Waals surface area contributed by atoms with Crippen molar-refractivity contribution >= 4 is 21.8 Å². The van der Waals surface area contributed by atoms with Crippen molar-refractivity contribution < 1.29 is 0 Å². The van der Waals surface area contributed by atoms with E-state index >= 15 is 0 Å². The molecule has 0 fully saturated rings. The van der Waals surface area contributed by atoms with Gasteiger partial charge in [-0.15, -0.1) is 0 Å². The van der Waals surface area contributed by atoms with Crippen molar-refractivity contribution in [2.75, 3.05) is 0 Å². The molecule has 102 valence electrons. The van der Waals surface area contributed by atoms with E-state index in [2.05, 4.69) is 64.6 Å². The number of rotatable bonds is 1. The molecular weight excluding hydrogens is 256 g/mol. The van der Waals surface area contributed by atoms with Crippen molar-refractivity contribution in [3.05, 3.63) is 66.0 Å². The van der Waals surface area contributed by atoms with Crippen LogP contribution in [0.3, 0.4) is 0 Å². The summed E-state index contributed by atoms with van der Waals surface area (Å²) in [7, 11) is 0. The summed E-state index contributed by atoms with van der Waals surface area (Å²) in [6, 6.07) is 19.3. The second-order valence-electron chi connectivity index (χ2n) is 5.57. The first-order chi connectivity index (χ1) is 10.2. The minimum absolute atomic E-state index is 1.06. The first kappa shape index (κ1) is 12.2. The molecule has 2 aromatic heterocycles. The number of aromatic nitrogens is 2. The van der Waals surface area contributed by atoms with Gasteiger partial charge in [0.25, 0.3) is 0 Å². The van der Waals surface area contributed by atoms with Crippen LogP contribution in [-0.2, 0) is 0 Å². The Bertz CT molecular complexity index is 944.